The largest absolute Gasteiger partial charge is 0.366 e. The lowest BCUT2D eigenvalue weighted by atomic mass is 9.83. The summed E-state index contributed by atoms with van der Waals surface area (Å²) in [6.07, 6.45) is 2.12. The Kier molecular flexibility index (Phi) is 5.51. The Hall–Kier alpha value is -0.790. The van der Waals surface area contributed by atoms with Crippen LogP contribution in [-0.2, 0) is 4.79 Å². The van der Waals surface area contributed by atoms with Crippen molar-refractivity contribution in [3.8, 4) is 0 Å². The van der Waals surface area contributed by atoms with Gasteiger partial charge in [-0.2, -0.15) is 0 Å². The first-order chi connectivity index (χ1) is 6.45. The average Bonchev–Trinajstić information content (AvgIpc) is 2.16. The number of hydrogen-bond acceptors (Lipinski definition) is 1. The fourth-order valence-corrected chi connectivity index (χ4v) is 1.81. The monoisotopic (exact) mass is 197 g/mol. The summed E-state index contributed by atoms with van der Waals surface area (Å²) in [5, 5.41) is 0. The maximum atomic E-state index is 11.1. The lowest BCUT2D eigenvalue weighted by Crippen LogP contribution is -2.19. The van der Waals surface area contributed by atoms with Crippen molar-refractivity contribution in [2.75, 3.05) is 0 Å². The molecular weight excluding hydrogens is 174 g/mol. The van der Waals surface area contributed by atoms with Crippen LogP contribution < -0.4 is 5.73 Å². The molecule has 0 aromatic heterocycles. The van der Waals surface area contributed by atoms with E-state index in [1.807, 2.05) is 6.92 Å². The molecule has 0 saturated heterocycles. The van der Waals surface area contributed by atoms with E-state index in [1.165, 1.54) is 5.57 Å². The second-order valence-electron chi connectivity index (χ2n) is 4.06. The minimum atomic E-state index is -0.277. The summed E-state index contributed by atoms with van der Waals surface area (Å²) in [5.74, 6) is 0.635. The molecule has 0 aliphatic rings. The van der Waals surface area contributed by atoms with Gasteiger partial charge >= 0.3 is 0 Å². The molecule has 2 heteroatoms. The third-order valence-corrected chi connectivity index (χ3v) is 3.09. The summed E-state index contributed by atoms with van der Waals surface area (Å²) in [6.45, 7) is 10.4. The van der Waals surface area contributed by atoms with Crippen LogP contribution in [0, 0.1) is 11.8 Å². The lowest BCUT2D eigenvalue weighted by Gasteiger charge is -2.22. The molecule has 0 bridgehead atoms. The van der Waals surface area contributed by atoms with E-state index < -0.39 is 0 Å². The minimum absolute atomic E-state index is 0.277. The molecule has 2 unspecified atom stereocenters. The molecule has 14 heavy (non-hydrogen) atoms. The second-order valence-corrected chi connectivity index (χ2v) is 4.06. The summed E-state index contributed by atoms with van der Waals surface area (Å²) < 4.78 is 0. The molecule has 0 aromatic carbocycles. The lowest BCUT2D eigenvalue weighted by molar-refractivity contribution is -0.114. The smallest absolute Gasteiger partial charge is 0.244 e. The molecule has 0 aliphatic heterocycles. The summed E-state index contributed by atoms with van der Waals surface area (Å²) in [6, 6.07) is 0. The molecule has 2 atom stereocenters. The highest BCUT2D eigenvalue weighted by atomic mass is 16.1. The Morgan fingerprint density at radius 1 is 1.14 bits per heavy atom. The molecule has 82 valence electrons. The van der Waals surface area contributed by atoms with Crippen LogP contribution in [0.2, 0.25) is 0 Å². The Balaban J connectivity index is 5.07. The van der Waals surface area contributed by atoms with Crippen LogP contribution in [0.3, 0.4) is 0 Å². The van der Waals surface area contributed by atoms with Crippen molar-refractivity contribution in [1.29, 1.82) is 0 Å². The van der Waals surface area contributed by atoms with Crippen LogP contribution in [0.4, 0.5) is 0 Å². The van der Waals surface area contributed by atoms with E-state index in [1.54, 1.807) is 0 Å². The van der Waals surface area contributed by atoms with E-state index in [2.05, 4.69) is 27.7 Å². The number of nitrogens with two attached hydrogens (primary N) is 1. The van der Waals surface area contributed by atoms with Crippen LogP contribution in [0.1, 0.15) is 47.5 Å². The highest BCUT2D eigenvalue weighted by molar-refractivity contribution is 5.92. The minimum Gasteiger partial charge on any atom is -0.366 e. The number of rotatable bonds is 5. The van der Waals surface area contributed by atoms with Crippen LogP contribution in [0.15, 0.2) is 11.1 Å². The van der Waals surface area contributed by atoms with Gasteiger partial charge in [0.25, 0.3) is 0 Å². The molecule has 0 fully saturated rings. The first kappa shape index (κ1) is 13.2. The number of carbonyl (C=O) groups is 1. The van der Waals surface area contributed by atoms with E-state index in [4.69, 9.17) is 5.73 Å². The van der Waals surface area contributed by atoms with Crippen molar-refractivity contribution in [3.05, 3.63) is 11.1 Å². The van der Waals surface area contributed by atoms with Crippen LogP contribution in [0.5, 0.6) is 0 Å². The quantitative estimate of drug-likeness (QED) is 0.677. The number of primary amides is 1. The van der Waals surface area contributed by atoms with Crippen molar-refractivity contribution in [2.45, 2.75) is 47.5 Å². The van der Waals surface area contributed by atoms with Gasteiger partial charge in [-0.25, -0.2) is 0 Å². The summed E-state index contributed by atoms with van der Waals surface area (Å²) in [7, 11) is 0. The van der Waals surface area contributed by atoms with Gasteiger partial charge in [0.2, 0.25) is 5.91 Å². The zero-order valence-corrected chi connectivity index (χ0v) is 10.1. The Morgan fingerprint density at radius 2 is 1.50 bits per heavy atom. The van der Waals surface area contributed by atoms with Gasteiger partial charge in [0, 0.05) is 5.57 Å². The number of allylic oxidation sites excluding steroid dienone is 1. The van der Waals surface area contributed by atoms with Crippen molar-refractivity contribution < 1.29 is 4.79 Å². The van der Waals surface area contributed by atoms with E-state index >= 15 is 0 Å². The maximum Gasteiger partial charge on any atom is 0.244 e. The van der Waals surface area contributed by atoms with Crippen molar-refractivity contribution >= 4 is 5.91 Å². The van der Waals surface area contributed by atoms with E-state index in [0.29, 0.717) is 11.8 Å². The summed E-state index contributed by atoms with van der Waals surface area (Å²) in [5.41, 5.74) is 7.32. The predicted octanol–water partition coefficient (Wildman–Crippen LogP) is 2.88. The van der Waals surface area contributed by atoms with Gasteiger partial charge in [-0.05, 0) is 31.6 Å². The predicted molar refractivity (Wildman–Crippen MR) is 60.8 cm³/mol. The van der Waals surface area contributed by atoms with Gasteiger partial charge in [0.05, 0.1) is 0 Å². The fourth-order valence-electron chi connectivity index (χ4n) is 1.81. The molecule has 1 amide bonds. The highest BCUT2D eigenvalue weighted by Crippen LogP contribution is 2.27. The summed E-state index contributed by atoms with van der Waals surface area (Å²) in [4.78, 5) is 11.1. The summed E-state index contributed by atoms with van der Waals surface area (Å²) >= 11 is 0. The zero-order valence-electron chi connectivity index (χ0n) is 10.1. The normalized spacial score (nSPS) is 14.6. The Labute approximate surface area is 87.6 Å². The standard InChI is InChI=1S/C12H23NO/c1-6-8(3)11(9(4)7-2)10(5)12(13)14/h8-9H,6-7H2,1-5H3,(H2,13,14). The third kappa shape index (κ3) is 3.17. The third-order valence-electron chi connectivity index (χ3n) is 3.09. The molecule has 0 saturated carbocycles. The molecule has 2 N–H and O–H groups in total. The highest BCUT2D eigenvalue weighted by Gasteiger charge is 2.18. The molecule has 0 aromatic rings. The van der Waals surface area contributed by atoms with Gasteiger partial charge in [-0.15, -0.1) is 0 Å². The van der Waals surface area contributed by atoms with Gasteiger partial charge in [-0.3, -0.25) is 4.79 Å². The van der Waals surface area contributed by atoms with Crippen molar-refractivity contribution in [3.63, 3.8) is 0 Å². The topological polar surface area (TPSA) is 43.1 Å². The second kappa shape index (κ2) is 5.84. The molecule has 0 aliphatic carbocycles. The molecular formula is C12H23NO. The first-order valence-electron chi connectivity index (χ1n) is 5.46. The van der Waals surface area contributed by atoms with Crippen molar-refractivity contribution in [2.24, 2.45) is 17.6 Å². The zero-order chi connectivity index (χ0) is 11.3. The number of amides is 1. The number of hydrogen-bond donors (Lipinski definition) is 1. The maximum absolute atomic E-state index is 11.1. The molecule has 0 heterocycles. The molecule has 0 spiro atoms. The molecule has 0 radical (unpaired) electrons. The van der Waals surface area contributed by atoms with E-state index in [9.17, 15) is 4.79 Å². The molecule has 2 nitrogen and oxygen atoms in total. The Morgan fingerprint density at radius 3 is 1.71 bits per heavy atom. The average molecular weight is 197 g/mol. The van der Waals surface area contributed by atoms with Crippen LogP contribution in [-0.4, -0.2) is 5.91 Å². The first-order valence-corrected chi connectivity index (χ1v) is 5.46. The van der Waals surface area contributed by atoms with E-state index in [-0.39, 0.29) is 5.91 Å². The van der Waals surface area contributed by atoms with E-state index in [0.717, 1.165) is 18.4 Å². The van der Waals surface area contributed by atoms with Gasteiger partial charge in [0.15, 0.2) is 0 Å². The molecule has 0 rings (SSSR count). The van der Waals surface area contributed by atoms with Crippen molar-refractivity contribution in [1.82, 2.24) is 0 Å². The van der Waals surface area contributed by atoms with Gasteiger partial charge in [0.1, 0.15) is 0 Å². The van der Waals surface area contributed by atoms with Gasteiger partial charge in [-0.1, -0.05) is 33.3 Å². The van der Waals surface area contributed by atoms with Crippen LogP contribution >= 0.6 is 0 Å². The fraction of sp³-hybridized carbons (Fsp3) is 0.750. The van der Waals surface area contributed by atoms with Gasteiger partial charge < -0.3 is 5.73 Å². The SMILES string of the molecule is CCC(C)C(=C(C)C(N)=O)C(C)CC. The Bertz CT molecular complexity index is 218. The number of carbonyl (C=O) groups excluding carboxylic acids is 1. The van der Waals surface area contributed by atoms with Crippen LogP contribution in [0.25, 0.3) is 0 Å².